The molecule has 2 aromatic heterocycles. The minimum atomic E-state index is -0.231. The van der Waals surface area contributed by atoms with Crippen molar-refractivity contribution < 1.29 is 4.74 Å². The van der Waals surface area contributed by atoms with Crippen molar-refractivity contribution in [2.75, 3.05) is 12.4 Å². The molecule has 8 heteroatoms. The highest BCUT2D eigenvalue weighted by atomic mass is 35.5. The molecule has 4 aromatic rings. The quantitative estimate of drug-likeness (QED) is 0.348. The first-order valence-corrected chi connectivity index (χ1v) is 10.6. The summed E-state index contributed by atoms with van der Waals surface area (Å²) in [6.45, 7) is 2.62. The van der Waals surface area contributed by atoms with Crippen LogP contribution >= 0.6 is 23.4 Å². The number of fused-ring (bicyclic) bond motifs is 1. The molecule has 0 saturated heterocycles. The summed E-state index contributed by atoms with van der Waals surface area (Å²) in [4.78, 5) is 20.9. The molecular formula is C21H19ClN4O2S. The van der Waals surface area contributed by atoms with Gasteiger partial charge in [-0.15, -0.1) is 0 Å². The Morgan fingerprint density at radius 1 is 1.14 bits per heavy atom. The third kappa shape index (κ3) is 4.31. The maximum atomic E-state index is 11.8. The predicted molar refractivity (Wildman–Crippen MR) is 116 cm³/mol. The third-order valence-corrected chi connectivity index (χ3v) is 5.60. The summed E-state index contributed by atoms with van der Waals surface area (Å²) < 4.78 is 7.53. The zero-order valence-corrected chi connectivity index (χ0v) is 17.3. The van der Waals surface area contributed by atoms with Gasteiger partial charge in [-0.1, -0.05) is 60.6 Å². The van der Waals surface area contributed by atoms with E-state index in [2.05, 4.69) is 28.1 Å². The van der Waals surface area contributed by atoms with E-state index in [1.807, 2.05) is 36.4 Å². The van der Waals surface area contributed by atoms with Crippen molar-refractivity contribution in [3.8, 4) is 17.1 Å². The fraction of sp³-hybridized carbons (Fsp3) is 0.190. The van der Waals surface area contributed by atoms with E-state index >= 15 is 0 Å². The van der Waals surface area contributed by atoms with Crippen LogP contribution in [0.1, 0.15) is 12.5 Å². The maximum Gasteiger partial charge on any atom is 0.266 e. The van der Waals surface area contributed by atoms with Crippen molar-refractivity contribution >= 4 is 29.0 Å². The molecule has 1 N–H and O–H groups in total. The van der Waals surface area contributed by atoms with E-state index in [1.54, 1.807) is 10.6 Å². The van der Waals surface area contributed by atoms with Crippen LogP contribution in [0.5, 0.6) is 5.75 Å². The van der Waals surface area contributed by atoms with Gasteiger partial charge < -0.3 is 4.74 Å². The van der Waals surface area contributed by atoms with E-state index < -0.39 is 0 Å². The lowest BCUT2D eigenvalue weighted by molar-refractivity contribution is 0.340. The summed E-state index contributed by atoms with van der Waals surface area (Å²) in [6, 6.07) is 16.9. The van der Waals surface area contributed by atoms with Gasteiger partial charge in [-0.05, 0) is 30.2 Å². The second kappa shape index (κ2) is 8.71. The fourth-order valence-corrected chi connectivity index (χ4v) is 3.95. The Morgan fingerprint density at radius 3 is 2.76 bits per heavy atom. The van der Waals surface area contributed by atoms with E-state index in [0.717, 1.165) is 17.7 Å². The van der Waals surface area contributed by atoms with E-state index in [-0.39, 0.29) is 5.56 Å². The number of thioether (sulfide) groups is 1. The highest BCUT2D eigenvalue weighted by Crippen LogP contribution is 2.27. The van der Waals surface area contributed by atoms with Crippen LogP contribution in [0.15, 0.2) is 64.5 Å². The first-order valence-electron chi connectivity index (χ1n) is 9.24. The molecule has 2 heterocycles. The Labute approximate surface area is 176 Å². The van der Waals surface area contributed by atoms with Crippen molar-refractivity contribution in [3.63, 3.8) is 0 Å². The lowest BCUT2D eigenvalue weighted by Gasteiger charge is -2.11. The van der Waals surface area contributed by atoms with Gasteiger partial charge in [0, 0.05) is 17.4 Å². The number of hydrogen-bond donors (Lipinski definition) is 1. The number of nitrogens with one attached hydrogen (secondary N) is 1. The molecule has 0 fully saturated rings. The van der Waals surface area contributed by atoms with Gasteiger partial charge in [-0.2, -0.15) is 0 Å². The maximum absolute atomic E-state index is 11.8. The molecule has 0 aliphatic heterocycles. The number of aryl methyl sites for hydroxylation is 1. The lowest BCUT2D eigenvalue weighted by Crippen LogP contribution is -2.07. The van der Waals surface area contributed by atoms with Crippen molar-refractivity contribution in [2.45, 2.75) is 18.5 Å². The molecule has 148 valence electrons. The molecule has 0 aliphatic rings. The third-order valence-electron chi connectivity index (χ3n) is 4.36. The summed E-state index contributed by atoms with van der Waals surface area (Å²) in [5.74, 6) is 2.04. The smallest absolute Gasteiger partial charge is 0.266 e. The lowest BCUT2D eigenvalue weighted by atomic mass is 10.1. The normalized spacial score (nSPS) is 11.1. The van der Waals surface area contributed by atoms with Gasteiger partial charge in [0.1, 0.15) is 5.75 Å². The van der Waals surface area contributed by atoms with Crippen molar-refractivity contribution in [2.24, 2.45) is 0 Å². The molecule has 29 heavy (non-hydrogen) atoms. The van der Waals surface area contributed by atoms with Gasteiger partial charge in [-0.25, -0.2) is 14.5 Å². The summed E-state index contributed by atoms with van der Waals surface area (Å²) >= 11 is 7.79. The zero-order chi connectivity index (χ0) is 20.2. The van der Waals surface area contributed by atoms with Crippen LogP contribution in [0, 0.1) is 0 Å². The number of benzene rings is 2. The number of halogens is 1. The molecule has 4 rings (SSSR count). The molecule has 0 unspecified atom stereocenters. The van der Waals surface area contributed by atoms with Gasteiger partial charge >= 0.3 is 0 Å². The van der Waals surface area contributed by atoms with Crippen molar-refractivity contribution in [1.29, 1.82) is 0 Å². The average Bonchev–Trinajstić information content (AvgIpc) is 3.12. The van der Waals surface area contributed by atoms with Gasteiger partial charge in [0.05, 0.1) is 11.6 Å². The van der Waals surface area contributed by atoms with Gasteiger partial charge in [0.15, 0.2) is 16.6 Å². The molecule has 0 spiro atoms. The summed E-state index contributed by atoms with van der Waals surface area (Å²) in [7, 11) is 0. The van der Waals surface area contributed by atoms with Gasteiger partial charge in [0.25, 0.3) is 5.56 Å². The minimum absolute atomic E-state index is 0.231. The summed E-state index contributed by atoms with van der Waals surface area (Å²) in [5.41, 5.74) is 2.17. The number of nitrogens with zero attached hydrogens (tertiary/aromatic N) is 3. The molecule has 0 saturated carbocycles. The SMILES string of the molecule is CCc1ccccc1OCCSc1nc(-c2ccccc2Cl)nc2cc(=O)[nH]n12. The molecule has 0 aliphatic carbocycles. The number of para-hydroxylation sites is 1. The Bertz CT molecular complexity index is 1200. The van der Waals surface area contributed by atoms with Crippen molar-refractivity contribution in [3.05, 3.63) is 75.5 Å². The van der Waals surface area contributed by atoms with Crippen molar-refractivity contribution in [1.82, 2.24) is 19.6 Å². The minimum Gasteiger partial charge on any atom is -0.492 e. The number of aromatic nitrogens is 4. The van der Waals surface area contributed by atoms with Crippen LogP contribution in [0.3, 0.4) is 0 Å². The molecule has 0 atom stereocenters. The Balaban J connectivity index is 1.56. The predicted octanol–water partition coefficient (Wildman–Crippen LogP) is 4.47. The number of hydrogen-bond acceptors (Lipinski definition) is 5. The summed E-state index contributed by atoms with van der Waals surface area (Å²) in [6.07, 6.45) is 0.918. The molecule has 2 aromatic carbocycles. The highest BCUT2D eigenvalue weighted by molar-refractivity contribution is 7.99. The molecule has 0 bridgehead atoms. The van der Waals surface area contributed by atoms with Crippen LogP contribution in [0.25, 0.3) is 17.0 Å². The second-order valence-corrected chi connectivity index (χ2v) is 7.75. The highest BCUT2D eigenvalue weighted by Gasteiger charge is 2.13. The van der Waals surface area contributed by atoms with Crippen LogP contribution in [-0.2, 0) is 6.42 Å². The van der Waals surface area contributed by atoms with E-state index in [0.29, 0.717) is 34.0 Å². The van der Waals surface area contributed by atoms with E-state index in [9.17, 15) is 4.79 Å². The zero-order valence-electron chi connectivity index (χ0n) is 15.8. The number of H-pyrrole nitrogens is 1. The molecule has 0 amide bonds. The molecular weight excluding hydrogens is 408 g/mol. The topological polar surface area (TPSA) is 72.3 Å². The standard InChI is InChI=1S/C21H19ClN4O2S/c1-2-14-7-3-6-10-17(14)28-11-12-29-21-24-20(15-8-4-5-9-16(15)22)23-18-13-19(27)25-26(18)21/h3-10,13H,2,11-12H2,1H3,(H,25,27). The van der Waals surface area contributed by atoms with Crippen LogP contribution in [-0.4, -0.2) is 31.9 Å². The summed E-state index contributed by atoms with van der Waals surface area (Å²) in [5, 5.41) is 3.92. The Hall–Kier alpha value is -2.77. The van der Waals surface area contributed by atoms with E-state index in [4.69, 9.17) is 16.3 Å². The Kier molecular flexibility index (Phi) is 5.87. The van der Waals surface area contributed by atoms with Crippen LogP contribution in [0.4, 0.5) is 0 Å². The average molecular weight is 427 g/mol. The van der Waals surface area contributed by atoms with Crippen LogP contribution in [0.2, 0.25) is 5.02 Å². The Morgan fingerprint density at radius 2 is 1.93 bits per heavy atom. The fourth-order valence-electron chi connectivity index (χ4n) is 2.96. The first kappa shape index (κ1) is 19.5. The first-order chi connectivity index (χ1) is 14.2. The van der Waals surface area contributed by atoms with E-state index in [1.165, 1.54) is 23.4 Å². The van der Waals surface area contributed by atoms with Crippen LogP contribution < -0.4 is 10.3 Å². The number of ether oxygens (including phenoxy) is 1. The number of rotatable bonds is 7. The molecule has 0 radical (unpaired) electrons. The van der Waals surface area contributed by atoms with Gasteiger partial charge in [0.2, 0.25) is 0 Å². The largest absolute Gasteiger partial charge is 0.492 e. The second-order valence-electron chi connectivity index (χ2n) is 6.28. The monoisotopic (exact) mass is 426 g/mol. The molecule has 6 nitrogen and oxygen atoms in total. The van der Waals surface area contributed by atoms with Gasteiger partial charge in [-0.3, -0.25) is 9.89 Å². The number of aromatic amines is 1.